The predicted molar refractivity (Wildman–Crippen MR) is 105 cm³/mol. The van der Waals surface area contributed by atoms with E-state index in [4.69, 9.17) is 11.6 Å². The number of aryl methyl sites for hydroxylation is 2. The second kappa shape index (κ2) is 9.94. The maximum Gasteiger partial charge on any atom is 0.230 e. The third-order valence-electron chi connectivity index (χ3n) is 4.11. The van der Waals surface area contributed by atoms with Crippen LogP contribution in [0.1, 0.15) is 17.5 Å². The predicted octanol–water partition coefficient (Wildman–Crippen LogP) is 1.08. The quantitative estimate of drug-likeness (QED) is 0.559. The Morgan fingerprint density at radius 2 is 1.93 bits per heavy atom. The maximum absolute atomic E-state index is 12.1. The number of hydrogen-bond donors (Lipinski definition) is 3. The van der Waals surface area contributed by atoms with Gasteiger partial charge in [-0.25, -0.2) is 0 Å². The first kappa shape index (κ1) is 20.7. The number of carboxylic acids is 1. The summed E-state index contributed by atoms with van der Waals surface area (Å²) < 4.78 is 0. The van der Waals surface area contributed by atoms with Crippen LogP contribution in [0.5, 0.6) is 0 Å². The molecule has 2 rings (SSSR count). The average Bonchev–Trinajstić information content (AvgIpc) is 2.60. The summed E-state index contributed by atoms with van der Waals surface area (Å²) >= 11 is 6.03. The number of amides is 1. The number of carboxylic acid groups (broad SMARTS) is 1. The molecule has 0 saturated carbocycles. The number of carbonyl (C=O) groups excluding carboxylic acids is 2. The van der Waals surface area contributed by atoms with Gasteiger partial charge < -0.3 is 25.9 Å². The summed E-state index contributed by atoms with van der Waals surface area (Å²) in [7, 11) is 0. The standard InChI is InChI=1S/C20H24ClN3O3/c1-13-4-3-5-15(10-13)22-8-9-23-18(20(26)27)12-19(25)24-16-7-6-14(2)17(21)11-16/h3-7,10-11,18,22-23H,8-9,12H2,1-2H3,(H,24,25)(H,26,27)/t18-/m0/s1. The number of carbonyl (C=O) groups is 2. The number of aliphatic carboxylic acids is 1. The van der Waals surface area contributed by atoms with Crippen molar-refractivity contribution >= 4 is 34.9 Å². The van der Waals surface area contributed by atoms with Gasteiger partial charge in [0.25, 0.3) is 0 Å². The van der Waals surface area contributed by atoms with Crippen LogP contribution in [0.2, 0.25) is 5.02 Å². The molecule has 7 heteroatoms. The summed E-state index contributed by atoms with van der Waals surface area (Å²) in [6.45, 7) is 4.93. The Kier molecular flexibility index (Phi) is 7.64. The van der Waals surface area contributed by atoms with E-state index in [1.807, 2.05) is 38.1 Å². The molecule has 0 aliphatic carbocycles. The van der Waals surface area contributed by atoms with E-state index in [9.17, 15) is 14.7 Å². The van der Waals surface area contributed by atoms with Crippen LogP contribution in [0.15, 0.2) is 42.5 Å². The van der Waals surface area contributed by atoms with Gasteiger partial charge in [-0.1, -0.05) is 29.8 Å². The molecule has 1 amide bonds. The molecule has 0 aliphatic rings. The largest absolute Gasteiger partial charge is 0.544 e. The smallest absolute Gasteiger partial charge is 0.230 e. The molecule has 2 aromatic rings. The lowest BCUT2D eigenvalue weighted by Gasteiger charge is -2.17. The van der Waals surface area contributed by atoms with Crippen molar-refractivity contribution in [2.75, 3.05) is 23.7 Å². The Morgan fingerprint density at radius 3 is 2.59 bits per heavy atom. The molecule has 0 spiro atoms. The Balaban J connectivity index is 1.81. The fourth-order valence-electron chi connectivity index (χ4n) is 2.60. The summed E-state index contributed by atoms with van der Waals surface area (Å²) in [5.74, 6) is -1.66. The highest BCUT2D eigenvalue weighted by atomic mass is 35.5. The Bertz CT molecular complexity index is 811. The molecule has 0 aliphatic heterocycles. The second-order valence-electron chi connectivity index (χ2n) is 6.46. The van der Waals surface area contributed by atoms with E-state index in [0.29, 0.717) is 23.8 Å². The highest BCUT2D eigenvalue weighted by molar-refractivity contribution is 6.31. The van der Waals surface area contributed by atoms with Crippen molar-refractivity contribution < 1.29 is 20.0 Å². The zero-order valence-corrected chi connectivity index (χ0v) is 16.2. The summed E-state index contributed by atoms with van der Waals surface area (Å²) in [4.78, 5) is 23.5. The van der Waals surface area contributed by atoms with Crippen LogP contribution in [-0.2, 0) is 9.59 Å². The molecule has 0 fully saturated rings. The van der Waals surface area contributed by atoms with E-state index in [0.717, 1.165) is 16.8 Å². The molecule has 0 unspecified atom stereocenters. The number of anilines is 2. The molecule has 0 aromatic heterocycles. The number of nitrogens with one attached hydrogen (secondary N) is 2. The molecule has 0 saturated heterocycles. The van der Waals surface area contributed by atoms with Gasteiger partial charge in [0, 0.05) is 16.4 Å². The van der Waals surface area contributed by atoms with Crippen LogP contribution in [-0.4, -0.2) is 31.0 Å². The van der Waals surface area contributed by atoms with E-state index < -0.39 is 17.9 Å². The van der Waals surface area contributed by atoms with Crippen LogP contribution < -0.4 is 21.1 Å². The maximum atomic E-state index is 12.1. The number of rotatable bonds is 9. The lowest BCUT2D eigenvalue weighted by atomic mass is 10.2. The van der Waals surface area contributed by atoms with Gasteiger partial charge in [0.05, 0.1) is 25.5 Å². The van der Waals surface area contributed by atoms with Crippen molar-refractivity contribution in [1.29, 1.82) is 0 Å². The number of hydrogen-bond acceptors (Lipinski definition) is 4. The average molecular weight is 390 g/mol. The molecule has 1 atom stereocenters. The van der Waals surface area contributed by atoms with Gasteiger partial charge >= 0.3 is 0 Å². The fourth-order valence-corrected chi connectivity index (χ4v) is 2.78. The minimum absolute atomic E-state index is 0.182. The zero-order chi connectivity index (χ0) is 19.8. The van der Waals surface area contributed by atoms with Crippen LogP contribution in [0, 0.1) is 13.8 Å². The molecule has 0 bridgehead atoms. The molecular formula is C20H24ClN3O3. The van der Waals surface area contributed by atoms with E-state index in [1.165, 1.54) is 0 Å². The van der Waals surface area contributed by atoms with Crippen molar-refractivity contribution in [3.05, 3.63) is 58.6 Å². The lowest BCUT2D eigenvalue weighted by Crippen LogP contribution is -2.94. The van der Waals surface area contributed by atoms with E-state index in [2.05, 4.69) is 10.6 Å². The van der Waals surface area contributed by atoms with Crippen LogP contribution in [0.3, 0.4) is 0 Å². The van der Waals surface area contributed by atoms with Crippen LogP contribution >= 0.6 is 11.6 Å². The van der Waals surface area contributed by atoms with Gasteiger partial charge in [-0.2, -0.15) is 0 Å². The zero-order valence-electron chi connectivity index (χ0n) is 15.4. The van der Waals surface area contributed by atoms with Gasteiger partial charge in [0.2, 0.25) is 5.91 Å². The summed E-state index contributed by atoms with van der Waals surface area (Å²) in [5, 5.41) is 19.4. The van der Waals surface area contributed by atoms with Crippen molar-refractivity contribution in [3.63, 3.8) is 0 Å². The molecule has 2 aromatic carbocycles. The SMILES string of the molecule is Cc1cccc(NCC[NH2+][C@@H](CC(=O)Nc2ccc(C)c(Cl)c2)C(=O)[O-])c1. The van der Waals surface area contributed by atoms with E-state index in [1.54, 1.807) is 23.5 Å². The third-order valence-corrected chi connectivity index (χ3v) is 4.51. The van der Waals surface area contributed by atoms with Gasteiger partial charge in [0.15, 0.2) is 0 Å². The number of halogens is 1. The lowest BCUT2D eigenvalue weighted by molar-refractivity contribution is -0.680. The minimum atomic E-state index is -1.26. The Morgan fingerprint density at radius 1 is 1.15 bits per heavy atom. The van der Waals surface area contributed by atoms with Gasteiger partial charge in [0.1, 0.15) is 6.04 Å². The fraction of sp³-hybridized carbons (Fsp3) is 0.300. The first-order chi connectivity index (χ1) is 12.8. The minimum Gasteiger partial charge on any atom is -0.544 e. The highest BCUT2D eigenvalue weighted by Gasteiger charge is 2.18. The molecule has 0 radical (unpaired) electrons. The van der Waals surface area contributed by atoms with Crippen molar-refractivity contribution in [2.24, 2.45) is 0 Å². The Labute approximate surface area is 163 Å². The third kappa shape index (κ3) is 6.92. The van der Waals surface area contributed by atoms with Crippen molar-refractivity contribution in [3.8, 4) is 0 Å². The van der Waals surface area contributed by atoms with Crippen LogP contribution in [0.25, 0.3) is 0 Å². The molecule has 4 N–H and O–H groups in total. The van der Waals surface area contributed by atoms with Crippen LogP contribution in [0.4, 0.5) is 11.4 Å². The summed E-state index contributed by atoms with van der Waals surface area (Å²) in [5.41, 5.74) is 3.55. The molecule has 27 heavy (non-hydrogen) atoms. The normalized spacial score (nSPS) is 11.7. The molecule has 6 nitrogen and oxygen atoms in total. The molecule has 0 heterocycles. The summed E-state index contributed by atoms with van der Waals surface area (Å²) in [6.07, 6.45) is -0.182. The number of benzene rings is 2. The molecule has 144 valence electrons. The second-order valence-corrected chi connectivity index (χ2v) is 6.87. The first-order valence-electron chi connectivity index (χ1n) is 8.76. The Hall–Kier alpha value is -2.57. The van der Waals surface area contributed by atoms with E-state index in [-0.39, 0.29) is 6.42 Å². The van der Waals surface area contributed by atoms with Crippen molar-refractivity contribution in [2.45, 2.75) is 26.3 Å². The van der Waals surface area contributed by atoms with Crippen molar-refractivity contribution in [1.82, 2.24) is 0 Å². The topological polar surface area (TPSA) is 97.9 Å². The number of quaternary nitrogens is 1. The monoisotopic (exact) mass is 389 g/mol. The van der Waals surface area contributed by atoms with Gasteiger partial charge in [-0.3, -0.25) is 4.79 Å². The van der Waals surface area contributed by atoms with Gasteiger partial charge in [-0.15, -0.1) is 0 Å². The van der Waals surface area contributed by atoms with Gasteiger partial charge in [-0.05, 0) is 49.2 Å². The molecular weight excluding hydrogens is 366 g/mol. The van der Waals surface area contributed by atoms with E-state index >= 15 is 0 Å². The highest BCUT2D eigenvalue weighted by Crippen LogP contribution is 2.20. The first-order valence-corrected chi connectivity index (χ1v) is 9.13. The summed E-state index contributed by atoms with van der Waals surface area (Å²) in [6, 6.07) is 12.1. The number of nitrogens with two attached hydrogens (primary N) is 1.